The first-order chi connectivity index (χ1) is 7.42. The first-order valence-corrected chi connectivity index (χ1v) is 6.14. The van der Waals surface area contributed by atoms with Crippen molar-refractivity contribution in [1.29, 1.82) is 0 Å². The van der Waals surface area contributed by atoms with Crippen molar-refractivity contribution in [2.24, 2.45) is 5.41 Å². The molecule has 0 saturated heterocycles. The Kier molecular flexibility index (Phi) is 2.16. The van der Waals surface area contributed by atoms with Crippen molar-refractivity contribution in [2.45, 2.75) is 38.5 Å². The third-order valence-electron chi connectivity index (χ3n) is 4.21. The Morgan fingerprint density at radius 1 is 0.933 bits per heavy atom. The highest BCUT2D eigenvalue weighted by atomic mass is 14.4. The highest BCUT2D eigenvalue weighted by Crippen LogP contribution is 2.52. The van der Waals surface area contributed by atoms with Crippen LogP contribution in [0.3, 0.4) is 0 Å². The molecule has 0 radical (unpaired) electrons. The summed E-state index contributed by atoms with van der Waals surface area (Å²) in [4.78, 5) is 0. The quantitative estimate of drug-likeness (QED) is 0.508. The molecule has 0 heteroatoms. The summed E-state index contributed by atoms with van der Waals surface area (Å²) in [7, 11) is 0. The second-order valence-electron chi connectivity index (χ2n) is 4.94. The van der Waals surface area contributed by atoms with Gasteiger partial charge in [0.05, 0.1) is 0 Å². The van der Waals surface area contributed by atoms with Crippen LogP contribution < -0.4 is 0 Å². The highest BCUT2D eigenvalue weighted by molar-refractivity contribution is 5.42. The fourth-order valence-corrected chi connectivity index (χ4v) is 3.38. The molecule has 0 aromatic rings. The van der Waals surface area contributed by atoms with Gasteiger partial charge in [-0.15, -0.1) is 0 Å². The summed E-state index contributed by atoms with van der Waals surface area (Å²) in [6.45, 7) is 0. The molecule has 1 spiro atoms. The maximum atomic E-state index is 2.39. The molecule has 0 amide bonds. The van der Waals surface area contributed by atoms with Gasteiger partial charge in [-0.25, -0.2) is 0 Å². The lowest BCUT2D eigenvalue weighted by Crippen LogP contribution is -2.30. The number of allylic oxidation sites excluding steroid dienone is 8. The van der Waals surface area contributed by atoms with E-state index in [0.717, 1.165) is 0 Å². The Labute approximate surface area is 92.1 Å². The highest BCUT2D eigenvalue weighted by Gasteiger charge is 2.39. The first kappa shape index (κ1) is 9.21. The molecular weight excluding hydrogens is 180 g/mol. The monoisotopic (exact) mass is 198 g/mol. The number of rotatable bonds is 0. The Hall–Kier alpha value is -1.04. The maximum Gasteiger partial charge on any atom is 0.0164 e. The van der Waals surface area contributed by atoms with Gasteiger partial charge in [-0.05, 0) is 32.1 Å². The van der Waals surface area contributed by atoms with E-state index in [0.29, 0.717) is 5.41 Å². The SMILES string of the molecule is C1=CC=C2CCCCC23CC=CCC3=C1. The van der Waals surface area contributed by atoms with Gasteiger partial charge in [-0.2, -0.15) is 0 Å². The van der Waals surface area contributed by atoms with Gasteiger partial charge >= 0.3 is 0 Å². The Bertz CT molecular complexity index is 379. The third kappa shape index (κ3) is 1.35. The molecule has 3 rings (SSSR count). The molecule has 1 unspecified atom stereocenters. The first-order valence-electron chi connectivity index (χ1n) is 6.14. The van der Waals surface area contributed by atoms with Gasteiger partial charge in [-0.1, -0.05) is 54.0 Å². The normalized spacial score (nSPS) is 33.6. The molecule has 3 aliphatic carbocycles. The van der Waals surface area contributed by atoms with E-state index in [9.17, 15) is 0 Å². The summed E-state index contributed by atoms with van der Waals surface area (Å²) in [5.41, 5.74) is 3.78. The van der Waals surface area contributed by atoms with Crippen LogP contribution in [-0.4, -0.2) is 0 Å². The van der Waals surface area contributed by atoms with Gasteiger partial charge in [0.25, 0.3) is 0 Å². The van der Waals surface area contributed by atoms with Crippen molar-refractivity contribution in [2.75, 3.05) is 0 Å². The molecule has 1 atom stereocenters. The summed E-state index contributed by atoms with van der Waals surface area (Å²) in [5.74, 6) is 0. The van der Waals surface area contributed by atoms with Crippen LogP contribution >= 0.6 is 0 Å². The molecule has 0 aromatic carbocycles. The summed E-state index contributed by atoms with van der Waals surface area (Å²) >= 11 is 0. The molecule has 1 fully saturated rings. The Morgan fingerprint density at radius 2 is 1.80 bits per heavy atom. The van der Waals surface area contributed by atoms with Crippen molar-refractivity contribution < 1.29 is 0 Å². The van der Waals surface area contributed by atoms with Crippen molar-refractivity contribution in [3.63, 3.8) is 0 Å². The molecule has 0 heterocycles. The zero-order chi connectivity index (χ0) is 10.1. The van der Waals surface area contributed by atoms with E-state index in [1.165, 1.54) is 38.5 Å². The van der Waals surface area contributed by atoms with Crippen LogP contribution in [0.25, 0.3) is 0 Å². The van der Waals surface area contributed by atoms with E-state index in [1.54, 1.807) is 11.1 Å². The third-order valence-corrected chi connectivity index (χ3v) is 4.21. The zero-order valence-corrected chi connectivity index (χ0v) is 9.21. The summed E-state index contributed by atoms with van der Waals surface area (Å²) in [6, 6.07) is 0. The second kappa shape index (κ2) is 3.52. The second-order valence-corrected chi connectivity index (χ2v) is 4.94. The molecule has 78 valence electrons. The molecule has 0 nitrogen and oxygen atoms in total. The predicted octanol–water partition coefficient (Wildman–Crippen LogP) is 4.32. The predicted molar refractivity (Wildman–Crippen MR) is 64.6 cm³/mol. The molecule has 3 aliphatic rings. The summed E-state index contributed by atoms with van der Waals surface area (Å²) < 4.78 is 0. The van der Waals surface area contributed by atoms with Crippen LogP contribution in [0, 0.1) is 5.41 Å². The van der Waals surface area contributed by atoms with E-state index in [4.69, 9.17) is 0 Å². The molecule has 0 aromatic heterocycles. The number of hydrogen-bond acceptors (Lipinski definition) is 0. The number of hydrogen-bond donors (Lipinski definition) is 0. The van der Waals surface area contributed by atoms with Crippen molar-refractivity contribution in [1.82, 2.24) is 0 Å². The van der Waals surface area contributed by atoms with E-state index in [1.807, 2.05) is 0 Å². The summed E-state index contributed by atoms with van der Waals surface area (Å²) in [5, 5.41) is 0. The minimum absolute atomic E-state index is 0.427. The average Bonchev–Trinajstić information content (AvgIpc) is 2.47. The van der Waals surface area contributed by atoms with Gasteiger partial charge in [0.2, 0.25) is 0 Å². The molecule has 1 saturated carbocycles. The average molecular weight is 198 g/mol. The summed E-state index contributed by atoms with van der Waals surface area (Å²) in [6.07, 6.45) is 21.8. The van der Waals surface area contributed by atoms with Crippen LogP contribution in [0.1, 0.15) is 38.5 Å². The van der Waals surface area contributed by atoms with E-state index < -0.39 is 0 Å². The van der Waals surface area contributed by atoms with Gasteiger partial charge in [0.15, 0.2) is 0 Å². The molecular formula is C15H18. The lowest BCUT2D eigenvalue weighted by molar-refractivity contribution is 0.320. The minimum atomic E-state index is 0.427. The van der Waals surface area contributed by atoms with Crippen LogP contribution in [0.4, 0.5) is 0 Å². The zero-order valence-electron chi connectivity index (χ0n) is 9.21. The van der Waals surface area contributed by atoms with Crippen LogP contribution in [0.15, 0.2) is 47.6 Å². The molecule has 0 N–H and O–H groups in total. The smallest absolute Gasteiger partial charge is 0.0164 e. The lowest BCUT2D eigenvalue weighted by atomic mass is 9.61. The largest absolute Gasteiger partial charge is 0.0870 e. The lowest BCUT2D eigenvalue weighted by Gasteiger charge is -2.42. The molecule has 15 heavy (non-hydrogen) atoms. The Morgan fingerprint density at radius 3 is 2.73 bits per heavy atom. The van der Waals surface area contributed by atoms with E-state index in [-0.39, 0.29) is 0 Å². The maximum absolute atomic E-state index is 2.39. The van der Waals surface area contributed by atoms with E-state index >= 15 is 0 Å². The van der Waals surface area contributed by atoms with Gasteiger partial charge in [0.1, 0.15) is 0 Å². The fraction of sp³-hybridized carbons (Fsp3) is 0.467. The minimum Gasteiger partial charge on any atom is -0.0870 e. The van der Waals surface area contributed by atoms with Crippen molar-refractivity contribution in [3.8, 4) is 0 Å². The van der Waals surface area contributed by atoms with Crippen molar-refractivity contribution >= 4 is 0 Å². The topological polar surface area (TPSA) is 0 Å². The van der Waals surface area contributed by atoms with Gasteiger partial charge < -0.3 is 0 Å². The van der Waals surface area contributed by atoms with Crippen LogP contribution in [0.5, 0.6) is 0 Å². The molecule has 0 bridgehead atoms. The van der Waals surface area contributed by atoms with Crippen LogP contribution in [-0.2, 0) is 0 Å². The fourth-order valence-electron chi connectivity index (χ4n) is 3.38. The standard InChI is InChI=1S/C15H18/c1-2-8-14-10-4-6-12-15(14)11-5-3-9-13(15)7-1/h1-3,5,7-8H,4,6,9-12H2. The van der Waals surface area contributed by atoms with Crippen molar-refractivity contribution in [3.05, 3.63) is 47.6 Å². The van der Waals surface area contributed by atoms with Gasteiger partial charge in [0, 0.05) is 5.41 Å². The molecule has 0 aliphatic heterocycles. The van der Waals surface area contributed by atoms with Crippen LogP contribution in [0.2, 0.25) is 0 Å². The Balaban J connectivity index is 2.11. The van der Waals surface area contributed by atoms with E-state index in [2.05, 4.69) is 36.5 Å². The van der Waals surface area contributed by atoms with Gasteiger partial charge in [-0.3, -0.25) is 0 Å².